The highest BCUT2D eigenvalue weighted by atomic mass is 16.5. The Balaban J connectivity index is 2.33. The van der Waals surface area contributed by atoms with Crippen molar-refractivity contribution in [2.75, 3.05) is 6.61 Å². The van der Waals surface area contributed by atoms with Crippen molar-refractivity contribution in [1.82, 2.24) is 0 Å². The van der Waals surface area contributed by atoms with Crippen LogP contribution in [0.2, 0.25) is 0 Å². The number of hydrogen-bond donors (Lipinski definition) is 1. The molecule has 1 aromatic rings. The number of rotatable bonds is 10. The molecule has 1 aromatic carbocycles. The Hall–Kier alpha value is -1.51. The van der Waals surface area contributed by atoms with E-state index < -0.39 is 5.97 Å². The number of hydrogen-bond acceptors (Lipinski definition) is 2. The van der Waals surface area contributed by atoms with Gasteiger partial charge in [0, 0.05) is 0 Å². The average molecular weight is 264 g/mol. The van der Waals surface area contributed by atoms with Gasteiger partial charge in [-0.25, -0.2) is 4.79 Å². The smallest absolute Gasteiger partial charge is 0.341 e. The molecule has 19 heavy (non-hydrogen) atoms. The highest BCUT2D eigenvalue weighted by molar-refractivity contribution is 5.68. The Kier molecular flexibility index (Phi) is 7.71. The number of ether oxygens (including phenoxy) is 1. The average Bonchev–Trinajstić information content (AvgIpc) is 2.41. The van der Waals surface area contributed by atoms with E-state index in [0.717, 1.165) is 18.4 Å². The lowest BCUT2D eigenvalue weighted by molar-refractivity contribution is -0.139. The van der Waals surface area contributed by atoms with Crippen molar-refractivity contribution in [1.29, 1.82) is 0 Å². The van der Waals surface area contributed by atoms with Gasteiger partial charge in [-0.2, -0.15) is 0 Å². The van der Waals surface area contributed by atoms with Crippen LogP contribution in [0.25, 0.3) is 0 Å². The van der Waals surface area contributed by atoms with Crippen LogP contribution in [-0.4, -0.2) is 17.7 Å². The van der Waals surface area contributed by atoms with Crippen LogP contribution < -0.4 is 4.74 Å². The predicted molar refractivity (Wildman–Crippen MR) is 76.7 cm³/mol. The Bertz CT molecular complexity index is 374. The molecule has 3 nitrogen and oxygen atoms in total. The second kappa shape index (κ2) is 9.42. The van der Waals surface area contributed by atoms with Crippen LogP contribution >= 0.6 is 0 Å². The number of carbonyl (C=O) groups is 1. The third-order valence-electron chi connectivity index (χ3n) is 3.12. The van der Waals surface area contributed by atoms with Gasteiger partial charge < -0.3 is 9.84 Å². The molecular formula is C16H24O3. The molecule has 0 unspecified atom stereocenters. The zero-order valence-corrected chi connectivity index (χ0v) is 11.7. The van der Waals surface area contributed by atoms with E-state index >= 15 is 0 Å². The molecule has 0 aliphatic carbocycles. The molecule has 0 bridgehead atoms. The second-order valence-electron chi connectivity index (χ2n) is 4.81. The van der Waals surface area contributed by atoms with Crippen molar-refractivity contribution >= 4 is 5.97 Å². The van der Waals surface area contributed by atoms with Gasteiger partial charge >= 0.3 is 5.97 Å². The summed E-state index contributed by atoms with van der Waals surface area (Å²) in [5.41, 5.74) is 1.11. The Labute approximate surface area is 115 Å². The van der Waals surface area contributed by atoms with Crippen molar-refractivity contribution in [2.45, 2.75) is 51.9 Å². The first kappa shape index (κ1) is 15.5. The first-order chi connectivity index (χ1) is 9.24. The topological polar surface area (TPSA) is 46.5 Å². The van der Waals surface area contributed by atoms with E-state index in [2.05, 4.69) is 6.92 Å². The van der Waals surface area contributed by atoms with Gasteiger partial charge in [0.15, 0.2) is 6.61 Å². The fraction of sp³-hybridized carbons (Fsp3) is 0.562. The van der Waals surface area contributed by atoms with Crippen molar-refractivity contribution in [2.24, 2.45) is 0 Å². The molecule has 1 N–H and O–H groups in total. The molecule has 0 aliphatic rings. The van der Waals surface area contributed by atoms with Gasteiger partial charge in [-0.15, -0.1) is 0 Å². The van der Waals surface area contributed by atoms with Crippen LogP contribution in [0.4, 0.5) is 0 Å². The highest BCUT2D eigenvalue weighted by Crippen LogP contribution is 2.20. The summed E-state index contributed by atoms with van der Waals surface area (Å²) in [6, 6.07) is 7.71. The molecule has 0 saturated heterocycles. The summed E-state index contributed by atoms with van der Waals surface area (Å²) in [6.07, 6.45) is 8.51. The van der Waals surface area contributed by atoms with Gasteiger partial charge in [-0.1, -0.05) is 57.2 Å². The third-order valence-corrected chi connectivity index (χ3v) is 3.12. The molecule has 1 rings (SSSR count). The maximum absolute atomic E-state index is 10.5. The number of aliphatic carboxylic acids is 1. The van der Waals surface area contributed by atoms with Crippen molar-refractivity contribution in [3.63, 3.8) is 0 Å². The Morgan fingerprint density at radius 2 is 1.79 bits per heavy atom. The summed E-state index contributed by atoms with van der Waals surface area (Å²) in [7, 11) is 0. The van der Waals surface area contributed by atoms with E-state index in [1.54, 1.807) is 0 Å². The van der Waals surface area contributed by atoms with Gasteiger partial charge in [-0.3, -0.25) is 0 Å². The Morgan fingerprint density at radius 3 is 2.53 bits per heavy atom. The first-order valence-electron chi connectivity index (χ1n) is 7.16. The third kappa shape index (κ3) is 6.85. The van der Waals surface area contributed by atoms with Crippen molar-refractivity contribution in [3.05, 3.63) is 29.8 Å². The fourth-order valence-corrected chi connectivity index (χ4v) is 2.09. The molecule has 106 valence electrons. The number of aryl methyl sites for hydroxylation is 1. The molecule has 0 saturated carbocycles. The maximum atomic E-state index is 10.5. The van der Waals surface area contributed by atoms with Crippen LogP contribution in [0.5, 0.6) is 5.75 Å². The molecule has 0 amide bonds. The number of benzene rings is 1. The summed E-state index contributed by atoms with van der Waals surface area (Å²) in [5.74, 6) is -0.229. The lowest BCUT2D eigenvalue weighted by atomic mass is 10.0. The summed E-state index contributed by atoms with van der Waals surface area (Å²) in [4.78, 5) is 10.5. The summed E-state index contributed by atoms with van der Waals surface area (Å²) in [6.45, 7) is 1.95. The van der Waals surface area contributed by atoms with E-state index in [1.165, 1.54) is 32.1 Å². The molecular weight excluding hydrogens is 240 g/mol. The lowest BCUT2D eigenvalue weighted by Crippen LogP contribution is -2.10. The SMILES string of the molecule is CCCCCCCCc1ccccc1OCC(=O)O. The minimum absolute atomic E-state index is 0.270. The normalized spacial score (nSPS) is 10.4. The molecule has 3 heteroatoms. The monoisotopic (exact) mass is 264 g/mol. The van der Waals surface area contributed by atoms with Gasteiger partial charge in [0.1, 0.15) is 5.75 Å². The maximum Gasteiger partial charge on any atom is 0.341 e. The standard InChI is InChI=1S/C16H24O3/c1-2-3-4-5-6-7-10-14-11-8-9-12-15(14)19-13-16(17)18/h8-9,11-12H,2-7,10,13H2,1H3,(H,17,18). The van der Waals surface area contributed by atoms with E-state index in [4.69, 9.17) is 9.84 Å². The summed E-state index contributed by atoms with van der Waals surface area (Å²) in [5, 5.41) is 8.64. The predicted octanol–water partition coefficient (Wildman–Crippen LogP) is 4.05. The van der Waals surface area contributed by atoms with Gasteiger partial charge in [0.25, 0.3) is 0 Å². The molecule has 0 fully saturated rings. The van der Waals surface area contributed by atoms with Crippen LogP contribution in [0, 0.1) is 0 Å². The van der Waals surface area contributed by atoms with Gasteiger partial charge in [-0.05, 0) is 24.5 Å². The van der Waals surface area contributed by atoms with E-state index in [0.29, 0.717) is 5.75 Å². The van der Waals surface area contributed by atoms with Crippen LogP contribution in [-0.2, 0) is 11.2 Å². The van der Waals surface area contributed by atoms with Crippen molar-refractivity contribution in [3.8, 4) is 5.75 Å². The van der Waals surface area contributed by atoms with E-state index in [9.17, 15) is 4.79 Å². The zero-order chi connectivity index (χ0) is 13.9. The van der Waals surface area contributed by atoms with Crippen LogP contribution in [0.15, 0.2) is 24.3 Å². The molecule has 0 spiro atoms. The second-order valence-corrected chi connectivity index (χ2v) is 4.81. The minimum atomic E-state index is -0.936. The van der Waals surface area contributed by atoms with Gasteiger partial charge in [0.2, 0.25) is 0 Å². The molecule has 0 heterocycles. The quantitative estimate of drug-likeness (QED) is 0.648. The highest BCUT2D eigenvalue weighted by Gasteiger charge is 2.05. The lowest BCUT2D eigenvalue weighted by Gasteiger charge is -2.09. The van der Waals surface area contributed by atoms with Crippen LogP contribution in [0.3, 0.4) is 0 Å². The summed E-state index contributed by atoms with van der Waals surface area (Å²) < 4.78 is 5.29. The molecule has 0 atom stereocenters. The Morgan fingerprint density at radius 1 is 1.11 bits per heavy atom. The van der Waals surface area contributed by atoms with Gasteiger partial charge in [0.05, 0.1) is 0 Å². The van der Waals surface area contributed by atoms with Crippen LogP contribution in [0.1, 0.15) is 51.0 Å². The molecule has 0 radical (unpaired) electrons. The fourth-order valence-electron chi connectivity index (χ4n) is 2.09. The minimum Gasteiger partial charge on any atom is -0.482 e. The molecule has 0 aliphatic heterocycles. The largest absolute Gasteiger partial charge is 0.482 e. The van der Waals surface area contributed by atoms with Crippen molar-refractivity contribution < 1.29 is 14.6 Å². The van der Waals surface area contributed by atoms with E-state index in [-0.39, 0.29) is 6.61 Å². The number of carboxylic acid groups (broad SMARTS) is 1. The first-order valence-corrected chi connectivity index (χ1v) is 7.16. The van der Waals surface area contributed by atoms with E-state index in [1.807, 2.05) is 24.3 Å². The molecule has 0 aromatic heterocycles. The number of carboxylic acids is 1. The summed E-state index contributed by atoms with van der Waals surface area (Å²) >= 11 is 0. The number of unbranched alkanes of at least 4 members (excludes halogenated alkanes) is 5. The zero-order valence-electron chi connectivity index (χ0n) is 11.7. The number of para-hydroxylation sites is 1.